The average Bonchev–Trinajstić information content (AvgIpc) is 2.61. The lowest BCUT2D eigenvalue weighted by Crippen LogP contribution is -2.06. The standard InChI is InChI=1S/C19H26N2O4/c22-19(16-11-10-14-18(15-16)21(23)24)25-20-17-12-8-6-4-2-1-3-5-7-9-13-17/h10-11,14-15H,1-9,12-13H2. The van der Waals surface area contributed by atoms with E-state index in [1.54, 1.807) is 0 Å². The molecular formula is C19H26N2O4. The van der Waals surface area contributed by atoms with Gasteiger partial charge in [0.15, 0.2) is 0 Å². The fourth-order valence-electron chi connectivity index (χ4n) is 3.02. The number of non-ortho nitro benzene ring substituents is 1. The summed E-state index contributed by atoms with van der Waals surface area (Å²) in [6.07, 6.45) is 12.6. The summed E-state index contributed by atoms with van der Waals surface area (Å²) in [5.74, 6) is -0.651. The highest BCUT2D eigenvalue weighted by Crippen LogP contribution is 2.17. The van der Waals surface area contributed by atoms with Gasteiger partial charge in [-0.2, -0.15) is 0 Å². The van der Waals surface area contributed by atoms with Crippen molar-refractivity contribution in [1.82, 2.24) is 0 Å². The van der Waals surface area contributed by atoms with E-state index in [-0.39, 0.29) is 11.3 Å². The number of nitro groups is 1. The molecule has 6 heteroatoms. The Labute approximate surface area is 148 Å². The van der Waals surface area contributed by atoms with E-state index in [9.17, 15) is 14.9 Å². The molecule has 1 aliphatic rings. The number of oxime groups is 1. The first-order valence-electron chi connectivity index (χ1n) is 9.18. The molecule has 1 fully saturated rings. The van der Waals surface area contributed by atoms with Crippen LogP contribution in [0.25, 0.3) is 0 Å². The zero-order valence-corrected chi connectivity index (χ0v) is 14.6. The van der Waals surface area contributed by atoms with Gasteiger partial charge in [0.2, 0.25) is 0 Å². The zero-order valence-electron chi connectivity index (χ0n) is 14.6. The predicted octanol–water partition coefficient (Wildman–Crippen LogP) is 5.41. The Balaban J connectivity index is 1.95. The molecule has 25 heavy (non-hydrogen) atoms. The van der Waals surface area contributed by atoms with Crippen molar-refractivity contribution in [3.05, 3.63) is 39.9 Å². The maximum atomic E-state index is 12.1. The summed E-state index contributed by atoms with van der Waals surface area (Å²) in [5.41, 5.74) is 0.930. The molecule has 0 unspecified atom stereocenters. The van der Waals surface area contributed by atoms with Crippen LogP contribution in [0.15, 0.2) is 29.4 Å². The second-order valence-corrected chi connectivity index (χ2v) is 6.53. The van der Waals surface area contributed by atoms with E-state index in [4.69, 9.17) is 4.84 Å². The lowest BCUT2D eigenvalue weighted by atomic mass is 10.00. The maximum absolute atomic E-state index is 12.1. The Morgan fingerprint density at radius 1 is 0.960 bits per heavy atom. The van der Waals surface area contributed by atoms with Gasteiger partial charge in [-0.05, 0) is 31.7 Å². The first-order valence-corrected chi connectivity index (χ1v) is 9.18. The maximum Gasteiger partial charge on any atom is 0.365 e. The van der Waals surface area contributed by atoms with Gasteiger partial charge in [0.05, 0.1) is 16.2 Å². The first-order chi connectivity index (χ1) is 12.2. The molecule has 136 valence electrons. The minimum absolute atomic E-state index is 0.131. The molecule has 0 spiro atoms. The van der Waals surface area contributed by atoms with Gasteiger partial charge in [-0.25, -0.2) is 4.79 Å². The van der Waals surface area contributed by atoms with Gasteiger partial charge in [-0.3, -0.25) is 10.1 Å². The van der Waals surface area contributed by atoms with Crippen molar-refractivity contribution in [1.29, 1.82) is 0 Å². The lowest BCUT2D eigenvalue weighted by molar-refractivity contribution is -0.384. The van der Waals surface area contributed by atoms with E-state index in [0.29, 0.717) is 0 Å². The normalized spacial score (nSPS) is 17.0. The number of carbonyl (C=O) groups excluding carboxylic acids is 1. The second kappa shape index (κ2) is 10.6. The van der Waals surface area contributed by atoms with Gasteiger partial charge in [-0.15, -0.1) is 0 Å². The van der Waals surface area contributed by atoms with Crippen LogP contribution >= 0.6 is 0 Å². The summed E-state index contributed by atoms with van der Waals surface area (Å²) in [6, 6.07) is 5.52. The van der Waals surface area contributed by atoms with E-state index >= 15 is 0 Å². The molecule has 0 radical (unpaired) electrons. The van der Waals surface area contributed by atoms with Crippen molar-refractivity contribution in [2.75, 3.05) is 0 Å². The van der Waals surface area contributed by atoms with Crippen molar-refractivity contribution < 1.29 is 14.6 Å². The third-order valence-electron chi connectivity index (χ3n) is 4.48. The van der Waals surface area contributed by atoms with Crippen molar-refractivity contribution >= 4 is 17.4 Å². The Bertz CT molecular complexity index is 599. The van der Waals surface area contributed by atoms with E-state index in [2.05, 4.69) is 5.16 Å². The molecule has 1 saturated carbocycles. The van der Waals surface area contributed by atoms with Crippen molar-refractivity contribution in [3.8, 4) is 0 Å². The predicted molar refractivity (Wildman–Crippen MR) is 96.7 cm³/mol. The molecule has 0 heterocycles. The van der Waals surface area contributed by atoms with Gasteiger partial charge in [0.25, 0.3) is 5.69 Å². The highest BCUT2D eigenvalue weighted by molar-refractivity contribution is 5.91. The largest absolute Gasteiger partial charge is 0.365 e. The molecule has 6 nitrogen and oxygen atoms in total. The third-order valence-corrected chi connectivity index (χ3v) is 4.48. The van der Waals surface area contributed by atoms with E-state index < -0.39 is 10.9 Å². The number of carbonyl (C=O) groups is 1. The van der Waals surface area contributed by atoms with Crippen LogP contribution in [-0.4, -0.2) is 16.6 Å². The van der Waals surface area contributed by atoms with Gasteiger partial charge >= 0.3 is 5.97 Å². The molecule has 2 rings (SSSR count). The van der Waals surface area contributed by atoms with Crippen LogP contribution in [0, 0.1) is 10.1 Å². The molecule has 0 saturated heterocycles. The van der Waals surface area contributed by atoms with Crippen LogP contribution in [0.4, 0.5) is 5.69 Å². The third kappa shape index (κ3) is 7.03. The number of nitro benzene ring substituents is 1. The van der Waals surface area contributed by atoms with E-state index in [0.717, 1.165) is 31.4 Å². The minimum atomic E-state index is -0.651. The van der Waals surface area contributed by atoms with Crippen LogP contribution < -0.4 is 0 Å². The van der Waals surface area contributed by atoms with Gasteiger partial charge < -0.3 is 4.84 Å². The molecule has 0 aliphatic heterocycles. The molecule has 0 amide bonds. The quantitative estimate of drug-likeness (QED) is 0.416. The van der Waals surface area contributed by atoms with Crippen molar-refractivity contribution in [2.24, 2.45) is 5.16 Å². The Morgan fingerprint density at radius 2 is 1.52 bits per heavy atom. The molecule has 0 N–H and O–H groups in total. The van der Waals surface area contributed by atoms with Crippen LogP contribution in [0.1, 0.15) is 81.0 Å². The van der Waals surface area contributed by atoms with Crippen LogP contribution in [0.5, 0.6) is 0 Å². The summed E-state index contributed by atoms with van der Waals surface area (Å²) >= 11 is 0. The van der Waals surface area contributed by atoms with Gasteiger partial charge in [-0.1, -0.05) is 56.2 Å². The second-order valence-electron chi connectivity index (χ2n) is 6.53. The topological polar surface area (TPSA) is 81.8 Å². The van der Waals surface area contributed by atoms with E-state index in [1.165, 1.54) is 69.2 Å². The van der Waals surface area contributed by atoms with Crippen LogP contribution in [0.2, 0.25) is 0 Å². The SMILES string of the molecule is O=C(ON=C1CCCCCCCCCCC1)c1cccc([N+](=O)[O-])c1. The van der Waals surface area contributed by atoms with Crippen LogP contribution in [-0.2, 0) is 4.84 Å². The molecule has 0 atom stereocenters. The fraction of sp³-hybridized carbons (Fsp3) is 0.579. The smallest absolute Gasteiger partial charge is 0.313 e. The minimum Gasteiger partial charge on any atom is -0.313 e. The molecule has 1 aromatic carbocycles. The Kier molecular flexibility index (Phi) is 8.09. The summed E-state index contributed by atoms with van der Waals surface area (Å²) in [4.78, 5) is 27.4. The molecular weight excluding hydrogens is 320 g/mol. The van der Waals surface area contributed by atoms with Gasteiger partial charge in [0, 0.05) is 12.1 Å². The van der Waals surface area contributed by atoms with E-state index in [1.807, 2.05) is 0 Å². The number of hydrogen-bond acceptors (Lipinski definition) is 5. The number of nitrogens with zero attached hydrogens (tertiary/aromatic N) is 2. The number of hydrogen-bond donors (Lipinski definition) is 0. The average molecular weight is 346 g/mol. The first kappa shape index (κ1) is 19.1. The molecule has 1 aliphatic carbocycles. The summed E-state index contributed by atoms with van der Waals surface area (Å²) in [7, 11) is 0. The molecule has 0 aromatic heterocycles. The van der Waals surface area contributed by atoms with Gasteiger partial charge in [0.1, 0.15) is 0 Å². The Hall–Kier alpha value is -2.24. The highest BCUT2D eigenvalue weighted by Gasteiger charge is 2.13. The number of rotatable bonds is 3. The number of benzene rings is 1. The monoisotopic (exact) mass is 346 g/mol. The summed E-state index contributed by atoms with van der Waals surface area (Å²) in [5, 5.41) is 14.8. The Morgan fingerprint density at radius 3 is 2.08 bits per heavy atom. The lowest BCUT2D eigenvalue weighted by Gasteiger charge is -2.09. The molecule has 0 bridgehead atoms. The summed E-state index contributed by atoms with van der Waals surface area (Å²) in [6.45, 7) is 0. The van der Waals surface area contributed by atoms with Crippen molar-refractivity contribution in [2.45, 2.75) is 70.6 Å². The molecule has 1 aromatic rings. The van der Waals surface area contributed by atoms with Crippen molar-refractivity contribution in [3.63, 3.8) is 0 Å². The van der Waals surface area contributed by atoms with Crippen LogP contribution in [0.3, 0.4) is 0 Å². The highest BCUT2D eigenvalue weighted by atomic mass is 16.7. The summed E-state index contributed by atoms with van der Waals surface area (Å²) < 4.78 is 0. The zero-order chi connectivity index (χ0) is 17.9. The fourth-order valence-corrected chi connectivity index (χ4v) is 3.02.